The molecule has 0 bridgehead atoms. The highest BCUT2D eigenvalue weighted by molar-refractivity contribution is 7.81. The molecule has 0 fully saturated rings. The van der Waals surface area contributed by atoms with E-state index in [0.717, 1.165) is 16.8 Å². The molecule has 0 aliphatic rings. The molecule has 2 N–H and O–H groups in total. The Morgan fingerprint density at radius 3 is 2.58 bits per heavy atom. The molecule has 0 saturated heterocycles. The predicted molar refractivity (Wildman–Crippen MR) is 128 cm³/mol. The van der Waals surface area contributed by atoms with Crippen molar-refractivity contribution in [3.05, 3.63) is 72.0 Å². The molecule has 6 nitrogen and oxygen atoms in total. The average Bonchev–Trinajstić information content (AvgIpc) is 2.79. The average molecular weight is 472 g/mol. The molecule has 0 aliphatic carbocycles. The van der Waals surface area contributed by atoms with Crippen LogP contribution in [0.1, 0.15) is 31.9 Å². The standard InChI is InChI=1S/C25H26FNO5S/c1-25(2,12-13-31-22(29)15-33)23(17-10-11-21(28)19(26)14-17)32-24(30)27-20-9-5-7-16-6-3-4-8-18(16)20/h3-11,14,23,28,33H,12-13,15H2,1-2H3,(H,27,30)/t23-/m0/s1. The molecule has 1 atom stereocenters. The third-order valence-corrected chi connectivity index (χ3v) is 5.63. The topological polar surface area (TPSA) is 84.9 Å². The highest BCUT2D eigenvalue weighted by atomic mass is 32.1. The first-order valence-electron chi connectivity index (χ1n) is 10.4. The minimum Gasteiger partial charge on any atom is -0.505 e. The summed E-state index contributed by atoms with van der Waals surface area (Å²) in [5.74, 6) is -1.83. The van der Waals surface area contributed by atoms with Gasteiger partial charge in [0.25, 0.3) is 0 Å². The highest BCUT2D eigenvalue weighted by Crippen LogP contribution is 2.41. The highest BCUT2D eigenvalue weighted by Gasteiger charge is 2.35. The second-order valence-electron chi connectivity index (χ2n) is 8.27. The third kappa shape index (κ3) is 6.16. The zero-order valence-electron chi connectivity index (χ0n) is 18.4. The number of phenolic OH excluding ortho intramolecular Hbond substituents is 1. The maximum atomic E-state index is 14.1. The first-order chi connectivity index (χ1) is 15.7. The molecule has 0 unspecified atom stereocenters. The summed E-state index contributed by atoms with van der Waals surface area (Å²) in [4.78, 5) is 24.3. The largest absolute Gasteiger partial charge is 0.505 e. The third-order valence-electron chi connectivity index (χ3n) is 5.37. The summed E-state index contributed by atoms with van der Waals surface area (Å²) in [6, 6.07) is 17.0. The van der Waals surface area contributed by atoms with Gasteiger partial charge in [-0.05, 0) is 35.6 Å². The molecule has 1 amide bonds. The van der Waals surface area contributed by atoms with E-state index >= 15 is 0 Å². The second-order valence-corrected chi connectivity index (χ2v) is 8.58. The zero-order valence-corrected chi connectivity index (χ0v) is 19.3. The lowest BCUT2D eigenvalue weighted by molar-refractivity contribution is -0.141. The number of ether oxygens (including phenoxy) is 2. The Kier molecular flexibility index (Phi) is 7.81. The molecule has 33 heavy (non-hydrogen) atoms. The van der Waals surface area contributed by atoms with Crippen molar-refractivity contribution >= 4 is 41.2 Å². The maximum Gasteiger partial charge on any atom is 0.412 e. The van der Waals surface area contributed by atoms with E-state index in [1.807, 2.05) is 50.2 Å². The van der Waals surface area contributed by atoms with Crippen molar-refractivity contribution in [2.45, 2.75) is 26.4 Å². The van der Waals surface area contributed by atoms with Crippen LogP contribution >= 0.6 is 12.6 Å². The van der Waals surface area contributed by atoms with Crippen LogP contribution in [-0.4, -0.2) is 29.5 Å². The fraction of sp³-hybridized carbons (Fsp3) is 0.280. The van der Waals surface area contributed by atoms with Gasteiger partial charge in [-0.1, -0.05) is 56.3 Å². The van der Waals surface area contributed by atoms with Crippen molar-refractivity contribution in [3.8, 4) is 5.75 Å². The summed E-state index contributed by atoms with van der Waals surface area (Å²) in [6.45, 7) is 3.72. The summed E-state index contributed by atoms with van der Waals surface area (Å²) in [5, 5.41) is 14.1. The molecule has 0 heterocycles. The first kappa shape index (κ1) is 24.4. The first-order valence-corrected chi connectivity index (χ1v) is 11.0. The van der Waals surface area contributed by atoms with Gasteiger partial charge >= 0.3 is 12.1 Å². The van der Waals surface area contributed by atoms with Crippen LogP contribution < -0.4 is 5.32 Å². The molecule has 3 aromatic carbocycles. The van der Waals surface area contributed by atoms with Gasteiger partial charge in [0.2, 0.25) is 0 Å². The van der Waals surface area contributed by atoms with E-state index in [1.165, 1.54) is 12.1 Å². The molecule has 0 radical (unpaired) electrons. The van der Waals surface area contributed by atoms with Gasteiger partial charge in [0.1, 0.15) is 6.10 Å². The molecule has 0 saturated carbocycles. The van der Waals surface area contributed by atoms with Crippen molar-refractivity contribution < 1.29 is 28.6 Å². The van der Waals surface area contributed by atoms with Gasteiger partial charge in [0, 0.05) is 10.8 Å². The van der Waals surface area contributed by atoms with Crippen LogP contribution in [-0.2, 0) is 14.3 Å². The Bertz CT molecular complexity index is 1150. The number of rotatable bonds is 8. The molecule has 174 valence electrons. The van der Waals surface area contributed by atoms with Crippen molar-refractivity contribution in [2.75, 3.05) is 17.7 Å². The van der Waals surface area contributed by atoms with E-state index in [2.05, 4.69) is 17.9 Å². The smallest absolute Gasteiger partial charge is 0.412 e. The number of thiol groups is 1. The quantitative estimate of drug-likeness (QED) is 0.283. The summed E-state index contributed by atoms with van der Waals surface area (Å²) in [6.07, 6.45) is -1.27. The molecular formula is C25H26FNO5S. The van der Waals surface area contributed by atoms with Crippen molar-refractivity contribution in [1.29, 1.82) is 0 Å². The number of benzene rings is 3. The SMILES string of the molecule is CC(C)(CCOC(=O)CS)[C@@H](OC(=O)Nc1cccc2ccccc12)c1ccc(O)c(F)c1. The normalized spacial score (nSPS) is 12.2. The van der Waals surface area contributed by atoms with Gasteiger partial charge in [-0.25, -0.2) is 9.18 Å². The van der Waals surface area contributed by atoms with Gasteiger partial charge in [-0.2, -0.15) is 12.6 Å². The zero-order chi connectivity index (χ0) is 24.0. The maximum absolute atomic E-state index is 14.1. The molecule has 0 spiro atoms. The van der Waals surface area contributed by atoms with Crippen LogP contribution in [0.15, 0.2) is 60.7 Å². The van der Waals surface area contributed by atoms with Crippen molar-refractivity contribution in [2.24, 2.45) is 5.41 Å². The predicted octanol–water partition coefficient (Wildman–Crippen LogP) is 5.86. The molecule has 3 rings (SSSR count). The van der Waals surface area contributed by atoms with Gasteiger partial charge in [0.15, 0.2) is 11.6 Å². The van der Waals surface area contributed by atoms with Crippen LogP contribution in [0, 0.1) is 11.2 Å². The lowest BCUT2D eigenvalue weighted by Crippen LogP contribution is -2.30. The number of carbonyl (C=O) groups excluding carboxylic acids is 2. The van der Waals surface area contributed by atoms with Crippen LogP contribution in [0.5, 0.6) is 5.75 Å². The molecule has 0 aliphatic heterocycles. The van der Waals surface area contributed by atoms with Gasteiger partial charge in [-0.3, -0.25) is 10.1 Å². The molecule has 0 aromatic heterocycles. The lowest BCUT2D eigenvalue weighted by Gasteiger charge is -2.34. The molecule has 8 heteroatoms. The molecule has 3 aromatic rings. The minimum atomic E-state index is -0.891. The van der Waals surface area contributed by atoms with E-state index in [4.69, 9.17) is 9.47 Å². The fourth-order valence-electron chi connectivity index (χ4n) is 3.55. The minimum absolute atomic E-state index is 0.0447. The van der Waals surface area contributed by atoms with Gasteiger partial charge < -0.3 is 14.6 Å². The van der Waals surface area contributed by atoms with Crippen molar-refractivity contribution in [3.63, 3.8) is 0 Å². The van der Waals surface area contributed by atoms with Gasteiger partial charge in [0.05, 0.1) is 18.0 Å². The summed E-state index contributed by atoms with van der Waals surface area (Å²) in [7, 11) is 0. The summed E-state index contributed by atoms with van der Waals surface area (Å²) >= 11 is 3.88. The Balaban J connectivity index is 1.84. The summed E-state index contributed by atoms with van der Waals surface area (Å²) in [5.41, 5.74) is 0.203. The van der Waals surface area contributed by atoms with E-state index in [-0.39, 0.29) is 12.4 Å². The number of halogens is 1. The van der Waals surface area contributed by atoms with E-state index < -0.39 is 35.1 Å². The molecular weight excluding hydrogens is 445 g/mol. The van der Waals surface area contributed by atoms with Crippen molar-refractivity contribution in [1.82, 2.24) is 0 Å². The second kappa shape index (κ2) is 10.6. The van der Waals surface area contributed by atoms with E-state index in [9.17, 15) is 19.1 Å². The number of aromatic hydroxyl groups is 1. The lowest BCUT2D eigenvalue weighted by atomic mass is 9.80. The number of hydrogen-bond donors (Lipinski definition) is 3. The van der Waals surface area contributed by atoms with E-state index in [0.29, 0.717) is 17.7 Å². The number of esters is 1. The number of carbonyl (C=O) groups is 2. The summed E-state index contributed by atoms with van der Waals surface area (Å²) < 4.78 is 25.0. The Labute approximate surface area is 197 Å². The monoisotopic (exact) mass is 471 g/mol. The van der Waals surface area contributed by atoms with Crippen LogP contribution in [0.2, 0.25) is 0 Å². The number of fused-ring (bicyclic) bond motifs is 1. The Morgan fingerprint density at radius 1 is 1.12 bits per heavy atom. The number of anilines is 1. The number of hydrogen-bond acceptors (Lipinski definition) is 6. The van der Waals surface area contributed by atoms with E-state index in [1.54, 1.807) is 6.07 Å². The Morgan fingerprint density at radius 2 is 1.85 bits per heavy atom. The van der Waals surface area contributed by atoms with Crippen LogP contribution in [0.3, 0.4) is 0 Å². The fourth-order valence-corrected chi connectivity index (χ4v) is 3.64. The number of phenols is 1. The number of amides is 1. The Hall–Kier alpha value is -3.26. The van der Waals surface area contributed by atoms with Crippen LogP contribution in [0.4, 0.5) is 14.9 Å². The van der Waals surface area contributed by atoms with Gasteiger partial charge in [-0.15, -0.1) is 0 Å². The van der Waals surface area contributed by atoms with Crippen LogP contribution in [0.25, 0.3) is 10.8 Å². The number of nitrogens with one attached hydrogen (secondary N) is 1.